The molecule has 0 unspecified atom stereocenters. The Balaban J connectivity index is 1.49. The molecular formula is C21H25FN2O3S. The molecule has 0 aromatic heterocycles. The first-order chi connectivity index (χ1) is 13.4. The summed E-state index contributed by atoms with van der Waals surface area (Å²) in [7, 11) is -3.43. The van der Waals surface area contributed by atoms with Crippen LogP contribution in [0.3, 0.4) is 0 Å². The molecule has 7 heteroatoms. The molecule has 1 heterocycles. The number of hydrogen-bond donors (Lipinski definition) is 1. The van der Waals surface area contributed by atoms with Crippen LogP contribution in [0.4, 0.5) is 4.39 Å². The third kappa shape index (κ3) is 5.39. The van der Waals surface area contributed by atoms with E-state index >= 15 is 0 Å². The molecule has 2 aromatic rings. The highest BCUT2D eigenvalue weighted by molar-refractivity contribution is 7.89. The Kier molecular flexibility index (Phi) is 6.80. The van der Waals surface area contributed by atoms with Gasteiger partial charge >= 0.3 is 0 Å². The Bertz CT molecular complexity index is 890. The van der Waals surface area contributed by atoms with Crippen LogP contribution in [0.2, 0.25) is 0 Å². The third-order valence-corrected chi connectivity index (χ3v) is 6.83. The zero-order chi connectivity index (χ0) is 20.0. The second kappa shape index (κ2) is 9.30. The summed E-state index contributed by atoms with van der Waals surface area (Å²) in [4.78, 5) is 12.3. The smallest absolute Gasteiger partial charge is 0.243 e. The summed E-state index contributed by atoms with van der Waals surface area (Å²) in [6.45, 7) is 1.52. The van der Waals surface area contributed by atoms with Crippen LogP contribution in [0.1, 0.15) is 36.8 Å². The largest absolute Gasteiger partial charge is 0.352 e. The van der Waals surface area contributed by atoms with E-state index < -0.39 is 10.0 Å². The average molecular weight is 405 g/mol. The van der Waals surface area contributed by atoms with Gasteiger partial charge < -0.3 is 5.32 Å². The number of rotatable bonds is 7. The van der Waals surface area contributed by atoms with Gasteiger partial charge in [0.25, 0.3) is 0 Å². The van der Waals surface area contributed by atoms with Crippen molar-refractivity contribution in [3.63, 3.8) is 0 Å². The molecule has 1 amide bonds. The summed E-state index contributed by atoms with van der Waals surface area (Å²) in [6.07, 6.45) is 3.72. The van der Waals surface area contributed by atoms with Crippen LogP contribution in [-0.4, -0.2) is 31.7 Å². The minimum absolute atomic E-state index is 0.102. The summed E-state index contributed by atoms with van der Waals surface area (Å²) >= 11 is 0. The van der Waals surface area contributed by atoms with Crippen LogP contribution in [0.15, 0.2) is 53.4 Å². The maximum absolute atomic E-state index is 12.9. The molecule has 1 fully saturated rings. The number of nitrogens with zero attached hydrogens (tertiary/aromatic N) is 1. The molecule has 0 atom stereocenters. The van der Waals surface area contributed by atoms with Gasteiger partial charge in [-0.3, -0.25) is 4.79 Å². The Morgan fingerprint density at radius 3 is 2.18 bits per heavy atom. The molecular weight excluding hydrogens is 379 g/mol. The lowest BCUT2D eigenvalue weighted by molar-refractivity contribution is -0.121. The molecule has 1 aliphatic rings. The lowest BCUT2D eigenvalue weighted by Gasteiger charge is -2.25. The third-order valence-electron chi connectivity index (χ3n) is 4.92. The number of benzene rings is 2. The van der Waals surface area contributed by atoms with Crippen molar-refractivity contribution >= 4 is 15.9 Å². The molecule has 1 aliphatic heterocycles. The topological polar surface area (TPSA) is 66.5 Å². The van der Waals surface area contributed by atoms with Crippen LogP contribution >= 0.6 is 0 Å². The number of piperidine rings is 1. The summed E-state index contributed by atoms with van der Waals surface area (Å²) < 4.78 is 39.7. The quantitative estimate of drug-likeness (QED) is 0.770. The van der Waals surface area contributed by atoms with Crippen LogP contribution in [0.5, 0.6) is 0 Å². The van der Waals surface area contributed by atoms with E-state index in [2.05, 4.69) is 5.32 Å². The highest BCUT2D eigenvalue weighted by Crippen LogP contribution is 2.21. The van der Waals surface area contributed by atoms with Crippen LogP contribution in [0.25, 0.3) is 0 Å². The van der Waals surface area contributed by atoms with E-state index in [1.807, 2.05) is 0 Å². The molecule has 0 aliphatic carbocycles. The Morgan fingerprint density at radius 1 is 0.929 bits per heavy atom. The summed E-state index contributed by atoms with van der Waals surface area (Å²) in [5.41, 5.74) is 1.75. The first kappa shape index (κ1) is 20.5. The number of sulfonamides is 1. The number of amides is 1. The zero-order valence-electron chi connectivity index (χ0n) is 15.7. The highest BCUT2D eigenvalue weighted by atomic mass is 32.2. The number of hydrogen-bond acceptors (Lipinski definition) is 3. The van der Waals surface area contributed by atoms with Gasteiger partial charge in [-0.15, -0.1) is 0 Å². The number of nitrogens with one attached hydrogen (secondary N) is 1. The second-order valence-electron chi connectivity index (χ2n) is 7.01. The van der Waals surface area contributed by atoms with Crippen molar-refractivity contribution in [3.8, 4) is 0 Å². The summed E-state index contributed by atoms with van der Waals surface area (Å²) in [5, 5.41) is 2.80. The standard InChI is InChI=1S/C21H25FN2O3S/c22-19-9-4-18(5-10-19)16-23-21(25)13-8-17-6-11-20(12-7-17)28(26,27)24-14-2-1-3-15-24/h4-7,9-12H,1-3,8,13-16H2,(H,23,25). The number of carbonyl (C=O) groups is 1. The monoisotopic (exact) mass is 404 g/mol. The van der Waals surface area contributed by atoms with E-state index in [4.69, 9.17) is 0 Å². The van der Waals surface area contributed by atoms with Crippen molar-refractivity contribution in [1.29, 1.82) is 0 Å². The van der Waals surface area contributed by atoms with Crippen molar-refractivity contribution < 1.29 is 17.6 Å². The van der Waals surface area contributed by atoms with E-state index in [1.54, 1.807) is 40.7 Å². The molecule has 1 N–H and O–H groups in total. The second-order valence-corrected chi connectivity index (χ2v) is 8.95. The van der Waals surface area contributed by atoms with Crippen molar-refractivity contribution in [3.05, 3.63) is 65.5 Å². The number of halogens is 1. The van der Waals surface area contributed by atoms with Gasteiger partial charge in [0.1, 0.15) is 5.82 Å². The Labute approximate surface area is 165 Å². The van der Waals surface area contributed by atoms with Gasteiger partial charge in [0, 0.05) is 26.1 Å². The van der Waals surface area contributed by atoms with Gasteiger partial charge in [-0.25, -0.2) is 12.8 Å². The van der Waals surface area contributed by atoms with Crippen LogP contribution in [0, 0.1) is 5.82 Å². The summed E-state index contributed by atoms with van der Waals surface area (Å²) in [5.74, 6) is -0.407. The molecule has 28 heavy (non-hydrogen) atoms. The van der Waals surface area contributed by atoms with Gasteiger partial charge in [0.15, 0.2) is 0 Å². The van der Waals surface area contributed by atoms with E-state index in [0.717, 1.165) is 30.4 Å². The fraction of sp³-hybridized carbons (Fsp3) is 0.381. The predicted molar refractivity (Wildman–Crippen MR) is 106 cm³/mol. The normalized spacial score (nSPS) is 15.3. The minimum Gasteiger partial charge on any atom is -0.352 e. The highest BCUT2D eigenvalue weighted by Gasteiger charge is 2.25. The van der Waals surface area contributed by atoms with Gasteiger partial charge in [-0.2, -0.15) is 4.31 Å². The molecule has 0 spiro atoms. The van der Waals surface area contributed by atoms with Crippen molar-refractivity contribution in [1.82, 2.24) is 9.62 Å². The average Bonchev–Trinajstić information content (AvgIpc) is 2.73. The van der Waals surface area contributed by atoms with E-state index in [0.29, 0.717) is 37.4 Å². The van der Waals surface area contributed by atoms with Crippen LogP contribution in [-0.2, 0) is 27.8 Å². The molecule has 150 valence electrons. The molecule has 0 saturated carbocycles. The predicted octanol–water partition coefficient (Wildman–Crippen LogP) is 3.25. The molecule has 0 bridgehead atoms. The maximum Gasteiger partial charge on any atom is 0.243 e. The van der Waals surface area contributed by atoms with E-state index in [-0.39, 0.29) is 11.7 Å². The molecule has 2 aromatic carbocycles. The molecule has 1 saturated heterocycles. The zero-order valence-corrected chi connectivity index (χ0v) is 16.6. The first-order valence-corrected chi connectivity index (χ1v) is 11.0. The SMILES string of the molecule is O=C(CCc1ccc(S(=O)(=O)N2CCCCC2)cc1)NCc1ccc(F)cc1. The number of carbonyl (C=O) groups excluding carboxylic acids is 1. The molecule has 5 nitrogen and oxygen atoms in total. The molecule has 3 rings (SSSR count). The van der Waals surface area contributed by atoms with Gasteiger partial charge in [0.05, 0.1) is 4.90 Å². The molecule has 0 radical (unpaired) electrons. The van der Waals surface area contributed by atoms with Crippen molar-refractivity contribution in [2.45, 2.75) is 43.5 Å². The van der Waals surface area contributed by atoms with Gasteiger partial charge in [0.2, 0.25) is 15.9 Å². The van der Waals surface area contributed by atoms with Crippen LogP contribution < -0.4 is 5.32 Å². The number of aryl methyl sites for hydroxylation is 1. The summed E-state index contributed by atoms with van der Waals surface area (Å²) in [6, 6.07) is 12.8. The van der Waals surface area contributed by atoms with Gasteiger partial charge in [-0.05, 0) is 54.7 Å². The Morgan fingerprint density at radius 2 is 1.54 bits per heavy atom. The fourth-order valence-electron chi connectivity index (χ4n) is 3.23. The van der Waals surface area contributed by atoms with E-state index in [9.17, 15) is 17.6 Å². The first-order valence-electron chi connectivity index (χ1n) is 9.55. The fourth-order valence-corrected chi connectivity index (χ4v) is 4.75. The van der Waals surface area contributed by atoms with E-state index in [1.165, 1.54) is 12.1 Å². The Hall–Kier alpha value is -2.25. The lowest BCUT2D eigenvalue weighted by atomic mass is 10.1. The minimum atomic E-state index is -3.43. The van der Waals surface area contributed by atoms with Crippen molar-refractivity contribution in [2.24, 2.45) is 0 Å². The van der Waals surface area contributed by atoms with Gasteiger partial charge in [-0.1, -0.05) is 30.7 Å². The maximum atomic E-state index is 12.9. The van der Waals surface area contributed by atoms with Crippen molar-refractivity contribution in [2.75, 3.05) is 13.1 Å². The lowest BCUT2D eigenvalue weighted by Crippen LogP contribution is -2.35.